The average molecular weight is 253 g/mol. The smallest absolute Gasteiger partial charge is 0.384 e. The maximum Gasteiger partial charge on any atom is 0.416 e. The molecule has 0 fully saturated rings. The molecule has 0 amide bonds. The first-order chi connectivity index (χ1) is 8.45. The van der Waals surface area contributed by atoms with Crippen molar-refractivity contribution < 1.29 is 13.2 Å². The Morgan fingerprint density at radius 2 is 1.94 bits per heavy atom. The predicted octanol–water partition coefficient (Wildman–Crippen LogP) is 2.67. The molecule has 2 N–H and O–H groups in total. The largest absolute Gasteiger partial charge is 0.416 e. The second-order valence-corrected chi connectivity index (χ2v) is 3.77. The summed E-state index contributed by atoms with van der Waals surface area (Å²) in [7, 11) is 0. The second kappa shape index (κ2) is 4.64. The van der Waals surface area contributed by atoms with Crippen molar-refractivity contribution in [3.63, 3.8) is 0 Å². The monoisotopic (exact) mass is 253 g/mol. The number of nitrogens with two attached hydrogens (primary N) is 1. The molecule has 0 aliphatic rings. The van der Waals surface area contributed by atoms with Gasteiger partial charge >= 0.3 is 6.18 Å². The molecule has 1 aromatic carbocycles. The van der Waals surface area contributed by atoms with E-state index < -0.39 is 11.7 Å². The third-order valence-corrected chi connectivity index (χ3v) is 2.34. The van der Waals surface area contributed by atoms with Gasteiger partial charge in [-0.15, -0.1) is 0 Å². The van der Waals surface area contributed by atoms with E-state index in [4.69, 9.17) is 5.73 Å². The molecule has 3 nitrogen and oxygen atoms in total. The van der Waals surface area contributed by atoms with E-state index in [1.54, 1.807) is 6.07 Å². The van der Waals surface area contributed by atoms with Crippen LogP contribution in [0, 0.1) is 0 Å². The van der Waals surface area contributed by atoms with Gasteiger partial charge in [-0.05, 0) is 17.7 Å². The van der Waals surface area contributed by atoms with Gasteiger partial charge in [-0.25, -0.2) is 9.97 Å². The number of hydrogen-bond donors (Lipinski definition) is 1. The van der Waals surface area contributed by atoms with Gasteiger partial charge in [0.15, 0.2) is 0 Å². The van der Waals surface area contributed by atoms with Crippen LogP contribution in [0.4, 0.5) is 19.0 Å². The van der Waals surface area contributed by atoms with Crippen molar-refractivity contribution in [2.24, 2.45) is 0 Å². The molecule has 94 valence electrons. The molecular formula is C12H10F3N3. The van der Waals surface area contributed by atoms with Crippen LogP contribution in [0.15, 0.2) is 36.5 Å². The highest BCUT2D eigenvalue weighted by Crippen LogP contribution is 2.29. The Morgan fingerprint density at radius 1 is 1.17 bits per heavy atom. The summed E-state index contributed by atoms with van der Waals surface area (Å²) in [6.45, 7) is 0. The summed E-state index contributed by atoms with van der Waals surface area (Å²) in [6, 6.07) is 6.61. The number of alkyl halides is 3. The Labute approximate surface area is 101 Å². The lowest BCUT2D eigenvalue weighted by Crippen LogP contribution is -2.06. The molecule has 0 saturated carbocycles. The van der Waals surface area contributed by atoms with E-state index in [2.05, 4.69) is 9.97 Å². The van der Waals surface area contributed by atoms with E-state index in [0.29, 0.717) is 17.2 Å². The molecule has 0 bridgehead atoms. The number of hydrogen-bond acceptors (Lipinski definition) is 3. The van der Waals surface area contributed by atoms with E-state index in [9.17, 15) is 13.2 Å². The van der Waals surface area contributed by atoms with Crippen LogP contribution in [0.5, 0.6) is 0 Å². The topological polar surface area (TPSA) is 51.8 Å². The summed E-state index contributed by atoms with van der Waals surface area (Å²) < 4.78 is 37.6. The maximum atomic E-state index is 12.5. The SMILES string of the molecule is Nc1ccnc(Cc2cccc(C(F)(F)F)c2)n1. The van der Waals surface area contributed by atoms with E-state index >= 15 is 0 Å². The first kappa shape index (κ1) is 12.3. The van der Waals surface area contributed by atoms with Gasteiger partial charge in [-0.3, -0.25) is 0 Å². The van der Waals surface area contributed by atoms with Crippen molar-refractivity contribution >= 4 is 5.82 Å². The van der Waals surface area contributed by atoms with Crippen molar-refractivity contribution in [3.05, 3.63) is 53.5 Å². The van der Waals surface area contributed by atoms with Crippen molar-refractivity contribution in [1.29, 1.82) is 0 Å². The molecule has 0 radical (unpaired) electrons. The molecule has 0 aliphatic carbocycles. The molecular weight excluding hydrogens is 243 g/mol. The lowest BCUT2D eigenvalue weighted by Gasteiger charge is -2.08. The standard InChI is InChI=1S/C12H10F3N3/c13-12(14,15)9-3-1-2-8(6-9)7-11-17-5-4-10(16)18-11/h1-6H,7H2,(H2,16,17,18). The first-order valence-corrected chi connectivity index (χ1v) is 5.19. The molecule has 0 unspecified atom stereocenters. The Bertz CT molecular complexity index is 552. The number of aromatic nitrogens is 2. The van der Waals surface area contributed by atoms with Crippen LogP contribution in [0.25, 0.3) is 0 Å². The lowest BCUT2D eigenvalue weighted by molar-refractivity contribution is -0.137. The van der Waals surface area contributed by atoms with Crippen LogP contribution >= 0.6 is 0 Å². The second-order valence-electron chi connectivity index (χ2n) is 3.77. The average Bonchev–Trinajstić information content (AvgIpc) is 2.28. The van der Waals surface area contributed by atoms with Crippen LogP contribution in [-0.4, -0.2) is 9.97 Å². The summed E-state index contributed by atoms with van der Waals surface area (Å²) in [5, 5.41) is 0. The third kappa shape index (κ3) is 2.97. The number of anilines is 1. The minimum absolute atomic E-state index is 0.217. The van der Waals surface area contributed by atoms with E-state index in [1.165, 1.54) is 18.3 Å². The van der Waals surface area contributed by atoms with Gasteiger partial charge in [0, 0.05) is 12.6 Å². The van der Waals surface area contributed by atoms with Crippen LogP contribution in [0.2, 0.25) is 0 Å². The van der Waals surface area contributed by atoms with Crippen LogP contribution in [-0.2, 0) is 12.6 Å². The van der Waals surface area contributed by atoms with Crippen molar-refractivity contribution in [1.82, 2.24) is 9.97 Å². The zero-order valence-electron chi connectivity index (χ0n) is 9.28. The fourth-order valence-corrected chi connectivity index (χ4v) is 1.54. The summed E-state index contributed by atoms with van der Waals surface area (Å²) in [5.41, 5.74) is 5.30. The number of halogens is 3. The number of nitrogen functional groups attached to an aromatic ring is 1. The minimum Gasteiger partial charge on any atom is -0.384 e. The van der Waals surface area contributed by atoms with Gasteiger partial charge in [-0.1, -0.05) is 18.2 Å². The highest BCUT2D eigenvalue weighted by atomic mass is 19.4. The first-order valence-electron chi connectivity index (χ1n) is 5.19. The highest BCUT2D eigenvalue weighted by Gasteiger charge is 2.30. The third-order valence-electron chi connectivity index (χ3n) is 2.34. The number of rotatable bonds is 2. The van der Waals surface area contributed by atoms with Gasteiger partial charge in [0.1, 0.15) is 11.6 Å². The quantitative estimate of drug-likeness (QED) is 0.895. The van der Waals surface area contributed by atoms with Crippen molar-refractivity contribution in [2.45, 2.75) is 12.6 Å². The van der Waals surface area contributed by atoms with Crippen LogP contribution in [0.1, 0.15) is 17.0 Å². The summed E-state index contributed by atoms with van der Waals surface area (Å²) in [4.78, 5) is 7.90. The molecule has 0 saturated heterocycles. The fraction of sp³-hybridized carbons (Fsp3) is 0.167. The van der Waals surface area contributed by atoms with Gasteiger partial charge < -0.3 is 5.73 Å². The summed E-state index contributed by atoms with van der Waals surface area (Å²) >= 11 is 0. The lowest BCUT2D eigenvalue weighted by atomic mass is 10.1. The molecule has 1 aromatic heterocycles. The van der Waals surface area contributed by atoms with E-state index in [-0.39, 0.29) is 6.42 Å². The Morgan fingerprint density at radius 3 is 2.61 bits per heavy atom. The normalized spacial score (nSPS) is 11.5. The Hall–Kier alpha value is -2.11. The fourth-order valence-electron chi connectivity index (χ4n) is 1.54. The van der Waals surface area contributed by atoms with Crippen molar-refractivity contribution in [2.75, 3.05) is 5.73 Å². The maximum absolute atomic E-state index is 12.5. The van der Waals surface area contributed by atoms with Gasteiger partial charge in [0.05, 0.1) is 5.56 Å². The van der Waals surface area contributed by atoms with Gasteiger partial charge in [0.2, 0.25) is 0 Å². The van der Waals surface area contributed by atoms with Crippen LogP contribution in [0.3, 0.4) is 0 Å². The molecule has 0 spiro atoms. The highest BCUT2D eigenvalue weighted by molar-refractivity contribution is 5.30. The molecule has 1 heterocycles. The Kier molecular flexibility index (Phi) is 3.18. The van der Waals surface area contributed by atoms with E-state index in [0.717, 1.165) is 12.1 Å². The number of nitrogens with zero attached hydrogens (tertiary/aromatic N) is 2. The minimum atomic E-state index is -4.34. The van der Waals surface area contributed by atoms with Gasteiger partial charge in [-0.2, -0.15) is 13.2 Å². The summed E-state index contributed by atoms with van der Waals surface area (Å²) in [5.74, 6) is 0.696. The van der Waals surface area contributed by atoms with Crippen molar-refractivity contribution in [3.8, 4) is 0 Å². The molecule has 18 heavy (non-hydrogen) atoms. The molecule has 0 atom stereocenters. The summed E-state index contributed by atoms with van der Waals surface area (Å²) in [6.07, 6.45) is -2.65. The zero-order valence-corrected chi connectivity index (χ0v) is 9.28. The zero-order chi connectivity index (χ0) is 13.2. The molecule has 2 aromatic rings. The predicted molar refractivity (Wildman–Crippen MR) is 60.7 cm³/mol. The molecule has 6 heteroatoms. The molecule has 2 rings (SSSR count). The molecule has 0 aliphatic heterocycles. The van der Waals surface area contributed by atoms with E-state index in [1.807, 2.05) is 0 Å². The number of benzene rings is 1. The Balaban J connectivity index is 2.25. The van der Waals surface area contributed by atoms with Gasteiger partial charge in [0.25, 0.3) is 0 Å². The van der Waals surface area contributed by atoms with Crippen LogP contribution < -0.4 is 5.73 Å².